The third kappa shape index (κ3) is 2.97. The van der Waals surface area contributed by atoms with Crippen molar-refractivity contribution in [3.8, 4) is 6.07 Å². The Balaban J connectivity index is 3.04. The summed E-state index contributed by atoms with van der Waals surface area (Å²) in [6.07, 6.45) is 0. The standard InChI is InChI=1S/C11H12ClN3/c1-8(2)14-15(3)10-5-4-9(7-13)11(12)6-10/h4-6H,1-3H3. The van der Waals surface area contributed by atoms with Crippen LogP contribution in [0.5, 0.6) is 0 Å². The summed E-state index contributed by atoms with van der Waals surface area (Å²) in [5.41, 5.74) is 2.30. The number of anilines is 1. The molecule has 0 saturated carbocycles. The third-order valence-corrected chi connectivity index (χ3v) is 2.11. The van der Waals surface area contributed by atoms with Crippen LogP contribution in [0.1, 0.15) is 19.4 Å². The summed E-state index contributed by atoms with van der Waals surface area (Å²) in [6.45, 7) is 3.84. The molecule has 0 spiro atoms. The van der Waals surface area contributed by atoms with E-state index in [1.165, 1.54) is 0 Å². The molecule has 0 aromatic heterocycles. The Morgan fingerprint density at radius 3 is 2.60 bits per heavy atom. The first-order valence-electron chi connectivity index (χ1n) is 4.50. The molecule has 0 aliphatic rings. The molecule has 0 radical (unpaired) electrons. The molecule has 1 rings (SSSR count). The van der Waals surface area contributed by atoms with Crippen molar-refractivity contribution in [3.05, 3.63) is 28.8 Å². The van der Waals surface area contributed by atoms with Crippen molar-refractivity contribution < 1.29 is 0 Å². The quantitative estimate of drug-likeness (QED) is 0.569. The maximum atomic E-state index is 8.72. The summed E-state index contributed by atoms with van der Waals surface area (Å²) < 4.78 is 0. The number of hydrogen-bond donors (Lipinski definition) is 0. The average molecular weight is 222 g/mol. The van der Waals surface area contributed by atoms with Crippen LogP contribution >= 0.6 is 11.6 Å². The second-order valence-electron chi connectivity index (χ2n) is 3.35. The van der Waals surface area contributed by atoms with Crippen LogP contribution < -0.4 is 5.01 Å². The largest absolute Gasteiger partial charge is 0.269 e. The molecular formula is C11H12ClN3. The van der Waals surface area contributed by atoms with Gasteiger partial charge < -0.3 is 0 Å². The molecule has 3 nitrogen and oxygen atoms in total. The topological polar surface area (TPSA) is 39.4 Å². The Hall–Kier alpha value is -1.53. The van der Waals surface area contributed by atoms with E-state index in [1.807, 2.05) is 33.0 Å². The lowest BCUT2D eigenvalue weighted by Gasteiger charge is -2.14. The summed E-state index contributed by atoms with van der Waals surface area (Å²) in [5, 5.41) is 15.1. The lowest BCUT2D eigenvalue weighted by Crippen LogP contribution is -2.10. The van der Waals surface area contributed by atoms with Gasteiger partial charge in [-0.15, -0.1) is 0 Å². The lowest BCUT2D eigenvalue weighted by molar-refractivity contribution is 1.01. The molecule has 0 aliphatic heterocycles. The minimum atomic E-state index is 0.450. The predicted molar refractivity (Wildman–Crippen MR) is 63.4 cm³/mol. The number of hydrazone groups is 1. The molecular weight excluding hydrogens is 210 g/mol. The number of benzene rings is 1. The fourth-order valence-corrected chi connectivity index (χ4v) is 1.37. The van der Waals surface area contributed by atoms with E-state index in [1.54, 1.807) is 17.1 Å². The van der Waals surface area contributed by atoms with Crippen LogP contribution in [0.4, 0.5) is 5.69 Å². The maximum absolute atomic E-state index is 8.72. The molecule has 1 aromatic rings. The zero-order valence-electron chi connectivity index (χ0n) is 8.95. The van der Waals surface area contributed by atoms with E-state index in [0.29, 0.717) is 10.6 Å². The Kier molecular flexibility index (Phi) is 3.70. The Morgan fingerprint density at radius 2 is 2.13 bits per heavy atom. The van der Waals surface area contributed by atoms with Gasteiger partial charge in [-0.1, -0.05) is 11.6 Å². The first-order valence-corrected chi connectivity index (χ1v) is 4.87. The van der Waals surface area contributed by atoms with E-state index in [9.17, 15) is 0 Å². The zero-order chi connectivity index (χ0) is 11.4. The van der Waals surface area contributed by atoms with Gasteiger partial charge in [0, 0.05) is 12.8 Å². The first kappa shape index (κ1) is 11.5. The van der Waals surface area contributed by atoms with Gasteiger partial charge in [-0.3, -0.25) is 5.01 Å². The van der Waals surface area contributed by atoms with E-state index in [4.69, 9.17) is 16.9 Å². The highest BCUT2D eigenvalue weighted by atomic mass is 35.5. The zero-order valence-corrected chi connectivity index (χ0v) is 9.71. The highest BCUT2D eigenvalue weighted by Gasteiger charge is 2.03. The van der Waals surface area contributed by atoms with Gasteiger partial charge in [0.1, 0.15) is 6.07 Å². The molecule has 0 saturated heterocycles. The van der Waals surface area contributed by atoms with Crippen LogP contribution in [0, 0.1) is 11.3 Å². The normalized spacial score (nSPS) is 9.27. The highest BCUT2D eigenvalue weighted by Crippen LogP contribution is 2.22. The molecule has 15 heavy (non-hydrogen) atoms. The maximum Gasteiger partial charge on any atom is 0.101 e. The van der Waals surface area contributed by atoms with Crippen molar-refractivity contribution in [1.29, 1.82) is 5.26 Å². The van der Waals surface area contributed by atoms with Crippen molar-refractivity contribution in [2.45, 2.75) is 13.8 Å². The minimum absolute atomic E-state index is 0.450. The molecule has 0 amide bonds. The third-order valence-electron chi connectivity index (χ3n) is 1.80. The van der Waals surface area contributed by atoms with Gasteiger partial charge in [-0.05, 0) is 32.0 Å². The second-order valence-corrected chi connectivity index (χ2v) is 3.75. The SMILES string of the molecule is CC(C)=NN(C)c1ccc(C#N)c(Cl)c1. The van der Waals surface area contributed by atoms with Gasteiger partial charge in [0.25, 0.3) is 0 Å². The van der Waals surface area contributed by atoms with Gasteiger partial charge in [-0.2, -0.15) is 10.4 Å². The van der Waals surface area contributed by atoms with Crippen LogP contribution in [0.15, 0.2) is 23.3 Å². The fraction of sp³-hybridized carbons (Fsp3) is 0.273. The van der Waals surface area contributed by atoms with E-state index < -0.39 is 0 Å². The van der Waals surface area contributed by atoms with E-state index in [-0.39, 0.29) is 0 Å². The van der Waals surface area contributed by atoms with Crippen LogP contribution in [0.2, 0.25) is 5.02 Å². The summed E-state index contributed by atoms with van der Waals surface area (Å²) in [4.78, 5) is 0. The van der Waals surface area contributed by atoms with Gasteiger partial charge in [-0.25, -0.2) is 0 Å². The molecule has 78 valence electrons. The first-order chi connectivity index (χ1) is 7.04. The fourth-order valence-electron chi connectivity index (χ4n) is 1.15. The smallest absolute Gasteiger partial charge is 0.101 e. The lowest BCUT2D eigenvalue weighted by atomic mass is 10.2. The van der Waals surface area contributed by atoms with Crippen LogP contribution in [-0.4, -0.2) is 12.8 Å². The molecule has 1 aromatic carbocycles. The van der Waals surface area contributed by atoms with Crippen molar-refractivity contribution in [2.24, 2.45) is 5.10 Å². The summed E-state index contributed by atoms with van der Waals surface area (Å²) >= 11 is 5.91. The van der Waals surface area contributed by atoms with Gasteiger partial charge in [0.15, 0.2) is 0 Å². The van der Waals surface area contributed by atoms with Crippen LogP contribution in [-0.2, 0) is 0 Å². The van der Waals surface area contributed by atoms with E-state index in [2.05, 4.69) is 5.10 Å². The number of nitriles is 1. The molecule has 0 aliphatic carbocycles. The monoisotopic (exact) mass is 221 g/mol. The molecule has 0 atom stereocenters. The van der Waals surface area contributed by atoms with Gasteiger partial charge >= 0.3 is 0 Å². The van der Waals surface area contributed by atoms with Gasteiger partial charge in [0.05, 0.1) is 16.3 Å². The van der Waals surface area contributed by atoms with Crippen molar-refractivity contribution in [2.75, 3.05) is 12.1 Å². The van der Waals surface area contributed by atoms with E-state index in [0.717, 1.165) is 11.4 Å². The minimum Gasteiger partial charge on any atom is -0.269 e. The average Bonchev–Trinajstić information content (AvgIpc) is 2.16. The van der Waals surface area contributed by atoms with Crippen molar-refractivity contribution in [1.82, 2.24) is 0 Å². The molecule has 4 heteroatoms. The summed E-state index contributed by atoms with van der Waals surface area (Å²) in [6, 6.07) is 7.25. The summed E-state index contributed by atoms with van der Waals surface area (Å²) in [7, 11) is 1.84. The Labute approximate surface area is 94.6 Å². The Morgan fingerprint density at radius 1 is 1.47 bits per heavy atom. The molecule has 0 heterocycles. The number of halogens is 1. The van der Waals surface area contributed by atoms with E-state index >= 15 is 0 Å². The molecule has 0 N–H and O–H groups in total. The highest BCUT2D eigenvalue weighted by molar-refractivity contribution is 6.32. The van der Waals surface area contributed by atoms with Gasteiger partial charge in [0.2, 0.25) is 0 Å². The predicted octanol–water partition coefficient (Wildman–Crippen LogP) is 3.04. The number of nitrogens with zero attached hydrogens (tertiary/aromatic N) is 3. The second kappa shape index (κ2) is 4.81. The van der Waals surface area contributed by atoms with Crippen LogP contribution in [0.25, 0.3) is 0 Å². The molecule has 0 unspecified atom stereocenters. The number of hydrogen-bond acceptors (Lipinski definition) is 3. The van der Waals surface area contributed by atoms with Crippen molar-refractivity contribution in [3.63, 3.8) is 0 Å². The molecule has 0 bridgehead atoms. The molecule has 0 fully saturated rings. The van der Waals surface area contributed by atoms with Crippen LogP contribution in [0.3, 0.4) is 0 Å². The summed E-state index contributed by atoms with van der Waals surface area (Å²) in [5.74, 6) is 0. The number of rotatable bonds is 2. The Bertz CT molecular complexity index is 428. The van der Waals surface area contributed by atoms with Crippen molar-refractivity contribution >= 4 is 23.0 Å².